The van der Waals surface area contributed by atoms with E-state index in [4.69, 9.17) is 0 Å². The van der Waals surface area contributed by atoms with Crippen LogP contribution in [0.15, 0.2) is 30.3 Å². The average Bonchev–Trinajstić information content (AvgIpc) is 2.45. The minimum absolute atomic E-state index is 0.321. The summed E-state index contributed by atoms with van der Waals surface area (Å²) < 4.78 is 0. The van der Waals surface area contributed by atoms with Crippen molar-refractivity contribution in [2.45, 2.75) is 39.2 Å². The summed E-state index contributed by atoms with van der Waals surface area (Å²) in [6.07, 6.45) is 2.80. The lowest BCUT2D eigenvalue weighted by Gasteiger charge is -2.41. The first-order chi connectivity index (χ1) is 9.22. The van der Waals surface area contributed by atoms with Crippen molar-refractivity contribution in [2.75, 3.05) is 24.5 Å². The molecule has 0 saturated carbocycles. The van der Waals surface area contributed by atoms with Gasteiger partial charge in [-0.15, -0.1) is 0 Å². The average molecular weight is 260 g/mol. The zero-order valence-electron chi connectivity index (χ0n) is 12.0. The van der Waals surface area contributed by atoms with Gasteiger partial charge in [0, 0.05) is 37.8 Å². The summed E-state index contributed by atoms with van der Waals surface area (Å²) >= 11 is 0. The van der Waals surface area contributed by atoms with Gasteiger partial charge in [0.15, 0.2) is 0 Å². The van der Waals surface area contributed by atoms with Gasteiger partial charge in [-0.05, 0) is 25.5 Å². The third-order valence-corrected chi connectivity index (χ3v) is 3.81. The standard InChI is InChI=1S/C16H24N2O/c1-3-4-10-16(19)17-11-12-18(14(2)13-17)15-8-6-5-7-9-15/h5-9,14H,3-4,10-13H2,1-2H3. The number of para-hydroxylation sites is 1. The molecule has 1 amide bonds. The van der Waals surface area contributed by atoms with Crippen LogP contribution in [0.25, 0.3) is 0 Å². The number of nitrogens with zero attached hydrogens (tertiary/aromatic N) is 2. The van der Waals surface area contributed by atoms with Crippen LogP contribution in [0.1, 0.15) is 33.1 Å². The molecular formula is C16H24N2O. The molecule has 0 aliphatic carbocycles. The number of rotatable bonds is 4. The van der Waals surface area contributed by atoms with E-state index in [1.54, 1.807) is 0 Å². The molecule has 3 nitrogen and oxygen atoms in total. The number of amides is 1. The third kappa shape index (κ3) is 3.49. The molecule has 2 rings (SSSR count). The first-order valence-corrected chi connectivity index (χ1v) is 7.32. The van der Waals surface area contributed by atoms with Gasteiger partial charge in [-0.25, -0.2) is 0 Å². The largest absolute Gasteiger partial charge is 0.365 e. The molecule has 19 heavy (non-hydrogen) atoms. The fraction of sp³-hybridized carbons (Fsp3) is 0.562. The SMILES string of the molecule is CCCCC(=O)N1CCN(c2ccccc2)C(C)C1. The molecule has 1 atom stereocenters. The lowest BCUT2D eigenvalue weighted by atomic mass is 10.1. The minimum Gasteiger partial charge on any atom is -0.365 e. The maximum Gasteiger partial charge on any atom is 0.222 e. The number of hydrogen-bond acceptors (Lipinski definition) is 2. The predicted molar refractivity (Wildman–Crippen MR) is 79.4 cm³/mol. The fourth-order valence-electron chi connectivity index (χ4n) is 2.67. The number of piperazine rings is 1. The van der Waals surface area contributed by atoms with E-state index in [-0.39, 0.29) is 0 Å². The Morgan fingerprint density at radius 2 is 2.00 bits per heavy atom. The Bertz CT molecular complexity index is 404. The summed E-state index contributed by atoms with van der Waals surface area (Å²) in [6.45, 7) is 6.96. The summed E-state index contributed by atoms with van der Waals surface area (Å²) in [5.41, 5.74) is 1.26. The van der Waals surface area contributed by atoms with Gasteiger partial charge in [0.25, 0.3) is 0 Å². The quantitative estimate of drug-likeness (QED) is 0.831. The molecule has 1 heterocycles. The third-order valence-electron chi connectivity index (χ3n) is 3.81. The molecule has 104 valence electrons. The van der Waals surface area contributed by atoms with Gasteiger partial charge < -0.3 is 9.80 Å². The second-order valence-corrected chi connectivity index (χ2v) is 5.32. The smallest absolute Gasteiger partial charge is 0.222 e. The summed E-state index contributed by atoms with van der Waals surface area (Å²) in [5, 5.41) is 0. The van der Waals surface area contributed by atoms with Crippen molar-refractivity contribution in [3.05, 3.63) is 30.3 Å². The molecule has 0 spiro atoms. The van der Waals surface area contributed by atoms with Gasteiger partial charge in [-0.2, -0.15) is 0 Å². The van der Waals surface area contributed by atoms with Crippen molar-refractivity contribution in [1.82, 2.24) is 4.90 Å². The molecule has 3 heteroatoms. The van der Waals surface area contributed by atoms with E-state index in [0.717, 1.165) is 32.5 Å². The summed E-state index contributed by atoms with van der Waals surface area (Å²) in [7, 11) is 0. The number of anilines is 1. The maximum atomic E-state index is 12.1. The number of unbranched alkanes of at least 4 members (excludes halogenated alkanes) is 1. The number of carbonyl (C=O) groups excluding carboxylic acids is 1. The molecule has 1 aliphatic rings. The summed E-state index contributed by atoms with van der Waals surface area (Å²) in [4.78, 5) is 16.5. The Morgan fingerprint density at radius 1 is 1.26 bits per heavy atom. The van der Waals surface area contributed by atoms with E-state index < -0.39 is 0 Å². The molecule has 1 fully saturated rings. The highest BCUT2D eigenvalue weighted by atomic mass is 16.2. The highest BCUT2D eigenvalue weighted by Crippen LogP contribution is 2.20. The zero-order chi connectivity index (χ0) is 13.7. The van der Waals surface area contributed by atoms with Gasteiger partial charge in [-0.3, -0.25) is 4.79 Å². The van der Waals surface area contributed by atoms with E-state index in [9.17, 15) is 4.79 Å². The van der Waals surface area contributed by atoms with Crippen LogP contribution in [0.3, 0.4) is 0 Å². The Balaban J connectivity index is 1.93. The van der Waals surface area contributed by atoms with Crippen molar-refractivity contribution in [2.24, 2.45) is 0 Å². The van der Waals surface area contributed by atoms with Gasteiger partial charge in [0.05, 0.1) is 0 Å². The predicted octanol–water partition coefficient (Wildman–Crippen LogP) is 2.91. The van der Waals surface area contributed by atoms with Crippen molar-refractivity contribution >= 4 is 11.6 Å². The van der Waals surface area contributed by atoms with Crippen LogP contribution in [0.2, 0.25) is 0 Å². The lowest BCUT2D eigenvalue weighted by molar-refractivity contribution is -0.132. The number of benzene rings is 1. The summed E-state index contributed by atoms with van der Waals surface area (Å²) in [5.74, 6) is 0.321. The van der Waals surface area contributed by atoms with E-state index in [1.165, 1.54) is 5.69 Å². The van der Waals surface area contributed by atoms with Crippen LogP contribution in [0, 0.1) is 0 Å². The topological polar surface area (TPSA) is 23.6 Å². The maximum absolute atomic E-state index is 12.1. The molecule has 0 N–H and O–H groups in total. The molecule has 0 bridgehead atoms. The highest BCUT2D eigenvalue weighted by molar-refractivity contribution is 5.76. The van der Waals surface area contributed by atoms with Gasteiger partial charge in [0.1, 0.15) is 0 Å². The minimum atomic E-state index is 0.321. The van der Waals surface area contributed by atoms with E-state index in [1.807, 2.05) is 11.0 Å². The number of hydrogen-bond donors (Lipinski definition) is 0. The monoisotopic (exact) mass is 260 g/mol. The molecule has 0 radical (unpaired) electrons. The Morgan fingerprint density at radius 3 is 2.63 bits per heavy atom. The van der Waals surface area contributed by atoms with Crippen LogP contribution >= 0.6 is 0 Å². The zero-order valence-corrected chi connectivity index (χ0v) is 12.0. The molecule has 1 aromatic rings. The first kappa shape index (κ1) is 13.9. The normalized spacial score (nSPS) is 19.6. The van der Waals surface area contributed by atoms with E-state index in [0.29, 0.717) is 18.4 Å². The molecular weight excluding hydrogens is 236 g/mol. The summed E-state index contributed by atoms with van der Waals surface area (Å²) in [6, 6.07) is 10.9. The Hall–Kier alpha value is -1.51. The lowest BCUT2D eigenvalue weighted by Crippen LogP contribution is -2.53. The molecule has 1 unspecified atom stereocenters. The van der Waals surface area contributed by atoms with Crippen molar-refractivity contribution < 1.29 is 4.79 Å². The molecule has 1 aromatic carbocycles. The second kappa shape index (κ2) is 6.60. The van der Waals surface area contributed by atoms with Crippen LogP contribution in [-0.4, -0.2) is 36.5 Å². The second-order valence-electron chi connectivity index (χ2n) is 5.32. The van der Waals surface area contributed by atoms with Gasteiger partial charge in [-0.1, -0.05) is 31.5 Å². The van der Waals surface area contributed by atoms with Crippen LogP contribution < -0.4 is 4.90 Å². The fourth-order valence-corrected chi connectivity index (χ4v) is 2.67. The van der Waals surface area contributed by atoms with Gasteiger partial charge >= 0.3 is 0 Å². The van der Waals surface area contributed by atoms with Crippen molar-refractivity contribution in [3.63, 3.8) is 0 Å². The molecule has 1 saturated heterocycles. The first-order valence-electron chi connectivity index (χ1n) is 7.32. The molecule has 0 aromatic heterocycles. The van der Waals surface area contributed by atoms with E-state index >= 15 is 0 Å². The highest BCUT2D eigenvalue weighted by Gasteiger charge is 2.26. The Kier molecular flexibility index (Phi) is 4.83. The van der Waals surface area contributed by atoms with Crippen LogP contribution in [0.4, 0.5) is 5.69 Å². The van der Waals surface area contributed by atoms with E-state index in [2.05, 4.69) is 43.0 Å². The number of carbonyl (C=O) groups is 1. The molecule has 1 aliphatic heterocycles. The van der Waals surface area contributed by atoms with Crippen molar-refractivity contribution in [1.29, 1.82) is 0 Å². The Labute approximate surface area is 116 Å². The van der Waals surface area contributed by atoms with Crippen LogP contribution in [-0.2, 0) is 4.79 Å². The van der Waals surface area contributed by atoms with Crippen molar-refractivity contribution in [3.8, 4) is 0 Å². The van der Waals surface area contributed by atoms with Gasteiger partial charge in [0.2, 0.25) is 5.91 Å². The van der Waals surface area contributed by atoms with Crippen LogP contribution in [0.5, 0.6) is 0 Å².